The minimum atomic E-state index is -0.586. The first-order valence-electron chi connectivity index (χ1n) is 8.01. The van der Waals surface area contributed by atoms with Crippen LogP contribution in [0.1, 0.15) is 18.4 Å². The highest BCUT2D eigenvalue weighted by Gasteiger charge is 2.25. The summed E-state index contributed by atoms with van der Waals surface area (Å²) in [6.07, 6.45) is 5.17. The fourth-order valence-corrected chi connectivity index (χ4v) is 3.73. The average Bonchev–Trinajstić information content (AvgIpc) is 3.26. The molecule has 0 unspecified atom stereocenters. The average molecular weight is 437 g/mol. The molecule has 3 rings (SSSR count). The number of benzene rings is 1. The molecule has 1 N–H and O–H groups in total. The summed E-state index contributed by atoms with van der Waals surface area (Å²) < 4.78 is 5.53. The van der Waals surface area contributed by atoms with Crippen LogP contribution in [0.3, 0.4) is 0 Å². The molecule has 2 aliphatic heterocycles. The van der Waals surface area contributed by atoms with Crippen LogP contribution in [0.15, 0.2) is 43.9 Å². The van der Waals surface area contributed by atoms with E-state index < -0.39 is 11.9 Å². The first-order valence-corrected chi connectivity index (χ1v) is 9.62. The number of nitrogens with zero attached hydrogens (tertiary/aromatic N) is 3. The van der Waals surface area contributed by atoms with Crippen molar-refractivity contribution in [3.05, 3.63) is 39.2 Å². The van der Waals surface area contributed by atoms with Crippen LogP contribution in [-0.4, -0.2) is 43.5 Å². The maximum absolute atomic E-state index is 11.8. The Morgan fingerprint density at radius 1 is 1.38 bits per heavy atom. The molecule has 0 aromatic heterocycles. The van der Waals surface area contributed by atoms with Crippen molar-refractivity contribution in [1.82, 2.24) is 5.32 Å². The van der Waals surface area contributed by atoms with Crippen LogP contribution in [0.2, 0.25) is 0 Å². The Bertz CT molecular complexity index is 816. The van der Waals surface area contributed by atoms with Gasteiger partial charge in [0.2, 0.25) is 0 Å². The molecule has 136 valence electrons. The van der Waals surface area contributed by atoms with E-state index in [1.807, 2.05) is 12.1 Å². The van der Waals surface area contributed by atoms with Crippen LogP contribution in [0.4, 0.5) is 5.69 Å². The molecule has 0 atom stereocenters. The Balaban J connectivity index is 1.75. The van der Waals surface area contributed by atoms with E-state index in [9.17, 15) is 9.59 Å². The molecule has 2 fully saturated rings. The SMILES string of the molecule is COC(=O)/C=C1/S/C(=N\N=Cc2ccc(Br)cc2N2CCCC2)NC1=O. The minimum Gasteiger partial charge on any atom is -0.466 e. The van der Waals surface area contributed by atoms with Crippen LogP contribution in [-0.2, 0) is 14.3 Å². The fourth-order valence-electron chi connectivity index (χ4n) is 2.64. The van der Waals surface area contributed by atoms with Crippen molar-refractivity contribution in [1.29, 1.82) is 0 Å². The summed E-state index contributed by atoms with van der Waals surface area (Å²) in [5.74, 6) is -0.978. The normalized spacial score (nSPS) is 20.4. The summed E-state index contributed by atoms with van der Waals surface area (Å²) in [7, 11) is 1.26. The number of esters is 1. The van der Waals surface area contributed by atoms with E-state index in [0.29, 0.717) is 5.17 Å². The number of nitrogens with one attached hydrogen (secondary N) is 1. The van der Waals surface area contributed by atoms with E-state index in [1.165, 1.54) is 20.0 Å². The third-order valence-corrected chi connectivity index (χ3v) is 5.28. The third kappa shape index (κ3) is 4.53. The van der Waals surface area contributed by atoms with E-state index in [-0.39, 0.29) is 4.91 Å². The lowest BCUT2D eigenvalue weighted by Crippen LogP contribution is -2.20. The highest BCUT2D eigenvalue weighted by Crippen LogP contribution is 2.27. The molecule has 0 radical (unpaired) electrons. The van der Waals surface area contributed by atoms with Crippen LogP contribution < -0.4 is 10.2 Å². The number of carbonyl (C=O) groups is 2. The zero-order chi connectivity index (χ0) is 18.5. The van der Waals surface area contributed by atoms with Gasteiger partial charge in [-0.2, -0.15) is 5.10 Å². The molecule has 1 aromatic carbocycles. The molecule has 7 nitrogen and oxygen atoms in total. The molecule has 0 bridgehead atoms. The molecule has 0 spiro atoms. The number of methoxy groups -OCH3 is 1. The van der Waals surface area contributed by atoms with Gasteiger partial charge in [0.1, 0.15) is 0 Å². The Morgan fingerprint density at radius 3 is 2.88 bits per heavy atom. The predicted molar refractivity (Wildman–Crippen MR) is 106 cm³/mol. The maximum atomic E-state index is 11.8. The van der Waals surface area contributed by atoms with Gasteiger partial charge in [0.25, 0.3) is 5.91 Å². The van der Waals surface area contributed by atoms with E-state index in [4.69, 9.17) is 0 Å². The van der Waals surface area contributed by atoms with Crippen molar-refractivity contribution >= 4 is 56.6 Å². The zero-order valence-electron chi connectivity index (χ0n) is 14.1. The lowest BCUT2D eigenvalue weighted by atomic mass is 10.2. The van der Waals surface area contributed by atoms with Gasteiger partial charge in [-0.25, -0.2) is 4.79 Å². The van der Waals surface area contributed by atoms with Crippen LogP contribution in [0.25, 0.3) is 0 Å². The van der Waals surface area contributed by atoms with Crippen LogP contribution in [0, 0.1) is 0 Å². The molecule has 2 aliphatic rings. The maximum Gasteiger partial charge on any atom is 0.331 e. The van der Waals surface area contributed by atoms with Gasteiger partial charge in [0.15, 0.2) is 5.17 Å². The van der Waals surface area contributed by atoms with Gasteiger partial charge >= 0.3 is 5.97 Å². The summed E-state index contributed by atoms with van der Waals surface area (Å²) >= 11 is 4.56. The van der Waals surface area contributed by atoms with E-state index in [1.54, 1.807) is 6.21 Å². The number of thioether (sulfide) groups is 1. The topological polar surface area (TPSA) is 83.4 Å². The fraction of sp³-hybridized carbons (Fsp3) is 0.294. The largest absolute Gasteiger partial charge is 0.466 e. The molecule has 1 aromatic rings. The molecule has 2 heterocycles. The number of hydrogen-bond donors (Lipinski definition) is 1. The zero-order valence-corrected chi connectivity index (χ0v) is 16.5. The molecule has 0 saturated carbocycles. The number of amides is 1. The second-order valence-corrected chi connectivity index (χ2v) is 7.58. The lowest BCUT2D eigenvalue weighted by molar-refractivity contribution is -0.135. The minimum absolute atomic E-state index is 0.229. The van der Waals surface area contributed by atoms with Gasteiger partial charge < -0.3 is 9.64 Å². The lowest BCUT2D eigenvalue weighted by Gasteiger charge is -2.20. The first kappa shape index (κ1) is 18.7. The monoisotopic (exact) mass is 436 g/mol. The van der Waals surface area contributed by atoms with Crippen LogP contribution >= 0.6 is 27.7 Å². The Morgan fingerprint density at radius 2 is 2.15 bits per heavy atom. The molecular weight excluding hydrogens is 420 g/mol. The quantitative estimate of drug-likeness (QED) is 0.339. The molecule has 2 saturated heterocycles. The number of ether oxygens (including phenoxy) is 1. The summed E-state index contributed by atoms with van der Waals surface area (Å²) in [5.41, 5.74) is 2.06. The van der Waals surface area contributed by atoms with Gasteiger partial charge in [-0.3, -0.25) is 10.1 Å². The third-order valence-electron chi connectivity index (χ3n) is 3.89. The van der Waals surface area contributed by atoms with Gasteiger partial charge in [0, 0.05) is 34.9 Å². The number of anilines is 1. The Kier molecular flexibility index (Phi) is 6.10. The predicted octanol–water partition coefficient (Wildman–Crippen LogP) is 2.66. The van der Waals surface area contributed by atoms with Gasteiger partial charge in [-0.1, -0.05) is 22.0 Å². The smallest absolute Gasteiger partial charge is 0.331 e. The van der Waals surface area contributed by atoms with Crippen molar-refractivity contribution < 1.29 is 14.3 Å². The first-order chi connectivity index (χ1) is 12.6. The number of hydrogen-bond acceptors (Lipinski definition) is 7. The van der Waals surface area contributed by atoms with Crippen molar-refractivity contribution in [3.8, 4) is 0 Å². The standard InChI is InChI=1S/C17H17BrN4O3S/c1-25-15(23)9-14-16(24)20-17(26-14)21-19-10-11-4-5-12(18)8-13(11)22-6-2-3-7-22/h4-5,8-10H,2-3,6-7H2,1H3,(H,20,21,24)/b14-9+,19-10?. The number of carbonyl (C=O) groups excluding carboxylic acids is 2. The Labute approximate surface area is 163 Å². The van der Waals surface area contributed by atoms with Crippen LogP contribution in [0.5, 0.6) is 0 Å². The van der Waals surface area contributed by atoms with E-state index in [2.05, 4.69) is 47.2 Å². The van der Waals surface area contributed by atoms with Gasteiger partial charge in [-0.15, -0.1) is 5.10 Å². The highest BCUT2D eigenvalue weighted by atomic mass is 79.9. The molecule has 0 aliphatic carbocycles. The summed E-state index contributed by atoms with van der Waals surface area (Å²) in [4.78, 5) is 25.6. The molecule has 9 heteroatoms. The van der Waals surface area contributed by atoms with Crippen molar-refractivity contribution in [3.63, 3.8) is 0 Å². The summed E-state index contributed by atoms with van der Waals surface area (Å²) in [6, 6.07) is 6.00. The molecule has 1 amide bonds. The second-order valence-electron chi connectivity index (χ2n) is 5.63. The Hall–Kier alpha value is -2.13. The number of amidine groups is 1. The molecule has 26 heavy (non-hydrogen) atoms. The number of rotatable bonds is 4. The molecular formula is C17H17BrN4O3S. The van der Waals surface area contributed by atoms with E-state index >= 15 is 0 Å². The van der Waals surface area contributed by atoms with E-state index in [0.717, 1.165) is 46.7 Å². The summed E-state index contributed by atoms with van der Waals surface area (Å²) in [6.45, 7) is 2.05. The highest BCUT2D eigenvalue weighted by molar-refractivity contribution is 9.10. The summed E-state index contributed by atoms with van der Waals surface area (Å²) in [5, 5.41) is 11.0. The van der Waals surface area contributed by atoms with Crippen molar-refractivity contribution in [2.24, 2.45) is 10.2 Å². The second kappa shape index (κ2) is 8.50. The number of halogens is 1. The van der Waals surface area contributed by atoms with Gasteiger partial charge in [0.05, 0.1) is 18.2 Å². The van der Waals surface area contributed by atoms with Crippen molar-refractivity contribution in [2.75, 3.05) is 25.1 Å². The van der Waals surface area contributed by atoms with Gasteiger partial charge in [-0.05, 0) is 36.7 Å². The van der Waals surface area contributed by atoms with Crippen molar-refractivity contribution in [2.45, 2.75) is 12.8 Å².